The molecule has 0 spiro atoms. The molecule has 0 aromatic heterocycles. The fraction of sp³-hybridized carbons (Fsp3) is 0.390. The molecule has 6 aromatic rings. The van der Waals surface area contributed by atoms with Crippen molar-refractivity contribution in [2.75, 3.05) is 34.9 Å². The second-order valence-electron chi connectivity index (χ2n) is 18.0. The lowest BCUT2D eigenvalue weighted by Crippen LogP contribution is -2.32. The van der Waals surface area contributed by atoms with E-state index in [0.29, 0.717) is 26.1 Å². The van der Waals surface area contributed by atoms with E-state index in [9.17, 15) is 0 Å². The van der Waals surface area contributed by atoms with Crippen molar-refractivity contribution in [1.82, 2.24) is 0 Å². The molecule has 0 fully saturated rings. The monoisotopic (exact) mass is 872 g/mol. The van der Waals surface area contributed by atoms with Crippen molar-refractivity contribution in [3.05, 3.63) is 179 Å². The van der Waals surface area contributed by atoms with E-state index in [4.69, 9.17) is 14.2 Å². The summed E-state index contributed by atoms with van der Waals surface area (Å²) in [6, 6.07) is 51.0. The summed E-state index contributed by atoms with van der Waals surface area (Å²) in [5.41, 5.74) is 11.8. The first-order valence-corrected chi connectivity index (χ1v) is 24.6. The second kappa shape index (κ2) is 25.0. The first-order valence-electron chi connectivity index (χ1n) is 24.6. The molecule has 0 atom stereocenters. The van der Waals surface area contributed by atoms with Gasteiger partial charge in [0.15, 0.2) is 20.2 Å². The minimum Gasteiger partial charge on any atom is -0.473 e. The summed E-state index contributed by atoms with van der Waals surface area (Å²) in [4.78, 5) is 6.89. The Labute approximate surface area is 391 Å². The third kappa shape index (κ3) is 13.6. The van der Waals surface area contributed by atoms with E-state index in [0.717, 1.165) is 43.3 Å². The van der Waals surface area contributed by atoms with E-state index in [1.165, 1.54) is 121 Å². The van der Waals surface area contributed by atoms with Gasteiger partial charge in [-0.25, -0.2) is 0 Å². The van der Waals surface area contributed by atoms with Gasteiger partial charge in [-0.15, -0.1) is 0 Å². The predicted octanol–water partition coefficient (Wildman–Crippen LogP) is 15.3. The average molecular weight is 872 g/mol. The van der Waals surface area contributed by atoms with Gasteiger partial charge in [-0.05, 0) is 84.3 Å². The normalized spacial score (nSPS) is 13.7. The summed E-state index contributed by atoms with van der Waals surface area (Å²) in [5.74, 6) is 3.61. The Hall–Kier alpha value is -5.88. The molecule has 65 heavy (non-hydrogen) atoms. The Balaban J connectivity index is 0.000000150. The fourth-order valence-electron chi connectivity index (χ4n) is 9.11. The Bertz CT molecular complexity index is 2330. The molecule has 0 unspecified atom stereocenters. The molecule has 0 aliphatic carbocycles. The summed E-state index contributed by atoms with van der Waals surface area (Å²) in [6.45, 7) is 13.6. The maximum atomic E-state index is 5.98. The Morgan fingerprint density at radius 1 is 0.446 bits per heavy atom. The van der Waals surface area contributed by atoms with Crippen LogP contribution in [0.4, 0.5) is 17.1 Å². The van der Waals surface area contributed by atoms with Crippen LogP contribution in [0.25, 0.3) is 0 Å². The number of nitrogens with zero attached hydrogens (tertiary/aromatic N) is 3. The largest absolute Gasteiger partial charge is 0.473 e. The Morgan fingerprint density at radius 2 is 0.938 bits per heavy atom. The van der Waals surface area contributed by atoms with Gasteiger partial charge in [0.05, 0.1) is 0 Å². The van der Waals surface area contributed by atoms with Crippen molar-refractivity contribution >= 4 is 17.1 Å². The summed E-state index contributed by atoms with van der Waals surface area (Å²) in [7, 11) is 0. The zero-order valence-corrected chi connectivity index (χ0v) is 39.7. The minimum atomic E-state index is 0.522. The third-order valence-electron chi connectivity index (χ3n) is 12.8. The molecule has 3 aliphatic rings. The number of fused-ring (bicyclic) bond motifs is 3. The molecule has 0 saturated heterocycles. The van der Waals surface area contributed by atoms with Crippen molar-refractivity contribution in [1.29, 1.82) is 0 Å². The molecular weight excluding hydrogens is 799 g/mol. The van der Waals surface area contributed by atoms with Crippen LogP contribution in [0.3, 0.4) is 0 Å². The SMILES string of the molecule is CC(C)c1ccccc1N1COc2ccccc2C1.CCCCCCCCCCCCc1ccc2c(c1)CN(c1ccccc1)CO2.CCc1ccccc1N1COc2ccccc2C1. The quantitative estimate of drug-likeness (QED) is 0.0902. The van der Waals surface area contributed by atoms with Gasteiger partial charge in [0.25, 0.3) is 0 Å². The van der Waals surface area contributed by atoms with Gasteiger partial charge in [-0.3, -0.25) is 0 Å². The van der Waals surface area contributed by atoms with Crippen LogP contribution in [-0.4, -0.2) is 20.2 Å². The smallest absolute Gasteiger partial charge is 0.161 e. The molecule has 342 valence electrons. The molecule has 0 radical (unpaired) electrons. The van der Waals surface area contributed by atoms with Crippen LogP contribution in [0, 0.1) is 0 Å². The number of hydrogen-bond acceptors (Lipinski definition) is 6. The van der Waals surface area contributed by atoms with Gasteiger partial charge >= 0.3 is 0 Å². The lowest BCUT2D eigenvalue weighted by molar-refractivity contribution is 0.289. The van der Waals surface area contributed by atoms with Crippen LogP contribution in [0.2, 0.25) is 0 Å². The molecule has 0 saturated carbocycles. The number of hydrogen-bond donors (Lipinski definition) is 0. The van der Waals surface area contributed by atoms with E-state index in [1.54, 1.807) is 0 Å². The summed E-state index contributed by atoms with van der Waals surface area (Å²) < 4.78 is 17.6. The highest BCUT2D eigenvalue weighted by Crippen LogP contribution is 2.34. The minimum absolute atomic E-state index is 0.522. The standard InChI is InChI=1S/C26H37NO.C17H19NO.C16H17NO/c1-2-3-4-5-6-7-8-9-10-12-15-23-18-19-26-24(20-23)21-27(22-28-26)25-16-13-11-14-17-25;1-13(2)15-8-4-5-9-16(15)18-11-14-7-3-6-10-17(14)19-12-18;1-2-13-7-3-5-9-15(13)17-11-14-8-4-6-10-16(14)18-12-17/h11,13-14,16-20H,2-10,12,15,21-22H2,1H3;3-10,13H,11-12H2,1-2H3;3-10H,2,11-12H2,1H3. The van der Waals surface area contributed by atoms with Crippen LogP contribution in [0.5, 0.6) is 17.2 Å². The van der Waals surface area contributed by atoms with Gasteiger partial charge in [0.1, 0.15) is 17.2 Å². The van der Waals surface area contributed by atoms with Crippen LogP contribution in [0.1, 0.15) is 131 Å². The molecule has 0 bridgehead atoms. The van der Waals surface area contributed by atoms with Gasteiger partial charge in [-0.2, -0.15) is 0 Å². The Morgan fingerprint density at radius 3 is 1.57 bits per heavy atom. The van der Waals surface area contributed by atoms with E-state index < -0.39 is 0 Å². The topological polar surface area (TPSA) is 37.4 Å². The number of ether oxygens (including phenoxy) is 3. The van der Waals surface area contributed by atoms with Crippen LogP contribution < -0.4 is 28.9 Å². The van der Waals surface area contributed by atoms with E-state index in [1.807, 2.05) is 24.3 Å². The van der Waals surface area contributed by atoms with Gasteiger partial charge < -0.3 is 28.9 Å². The molecule has 0 amide bonds. The number of unbranched alkanes of at least 4 members (excludes halogenated alkanes) is 9. The highest BCUT2D eigenvalue weighted by Gasteiger charge is 2.21. The number of anilines is 3. The third-order valence-corrected chi connectivity index (χ3v) is 12.8. The Kier molecular flexibility index (Phi) is 18.1. The highest BCUT2D eigenvalue weighted by atomic mass is 16.5. The molecule has 6 nitrogen and oxygen atoms in total. The maximum Gasteiger partial charge on any atom is 0.161 e. The summed E-state index contributed by atoms with van der Waals surface area (Å²) in [6.07, 6.45) is 16.2. The van der Waals surface area contributed by atoms with Crippen molar-refractivity contribution < 1.29 is 14.2 Å². The maximum absolute atomic E-state index is 5.98. The molecule has 6 aromatic carbocycles. The first-order chi connectivity index (χ1) is 32.0. The first kappa shape index (κ1) is 47.1. The van der Waals surface area contributed by atoms with E-state index >= 15 is 0 Å². The average Bonchev–Trinajstić information content (AvgIpc) is 3.37. The molecule has 0 N–H and O–H groups in total. The second-order valence-corrected chi connectivity index (χ2v) is 18.0. The fourth-order valence-corrected chi connectivity index (χ4v) is 9.11. The van der Waals surface area contributed by atoms with E-state index in [-0.39, 0.29) is 0 Å². The van der Waals surface area contributed by atoms with Crippen LogP contribution in [0.15, 0.2) is 146 Å². The van der Waals surface area contributed by atoms with Crippen LogP contribution >= 0.6 is 0 Å². The van der Waals surface area contributed by atoms with Crippen molar-refractivity contribution in [2.45, 2.75) is 130 Å². The number of aryl methyl sites for hydroxylation is 2. The lowest BCUT2D eigenvalue weighted by atomic mass is 10.00. The highest BCUT2D eigenvalue weighted by molar-refractivity contribution is 5.57. The number of para-hydroxylation sites is 5. The zero-order chi connectivity index (χ0) is 45.1. The number of benzene rings is 6. The van der Waals surface area contributed by atoms with E-state index in [2.05, 4.69) is 164 Å². The summed E-state index contributed by atoms with van der Waals surface area (Å²) in [5, 5.41) is 0. The van der Waals surface area contributed by atoms with Crippen LogP contribution in [-0.2, 0) is 32.5 Å². The van der Waals surface area contributed by atoms with Gasteiger partial charge in [0.2, 0.25) is 0 Å². The van der Waals surface area contributed by atoms with Gasteiger partial charge in [0, 0.05) is 53.4 Å². The van der Waals surface area contributed by atoms with Gasteiger partial charge in [-0.1, -0.05) is 189 Å². The predicted molar refractivity (Wildman–Crippen MR) is 273 cm³/mol. The van der Waals surface area contributed by atoms with Crippen molar-refractivity contribution in [2.24, 2.45) is 0 Å². The zero-order valence-electron chi connectivity index (χ0n) is 39.7. The molecule has 6 heteroatoms. The molecule has 3 aliphatic heterocycles. The lowest BCUT2D eigenvalue weighted by Gasteiger charge is -2.32. The van der Waals surface area contributed by atoms with Crippen molar-refractivity contribution in [3.63, 3.8) is 0 Å². The molecule has 3 heterocycles. The van der Waals surface area contributed by atoms with Crippen molar-refractivity contribution in [3.8, 4) is 17.2 Å². The summed E-state index contributed by atoms with van der Waals surface area (Å²) >= 11 is 0. The number of rotatable bonds is 16. The molecular formula is C59H73N3O3. The molecule has 9 rings (SSSR count).